The molecule has 0 aromatic heterocycles. The van der Waals surface area contributed by atoms with Crippen molar-refractivity contribution < 1.29 is 14.0 Å². The predicted octanol–water partition coefficient (Wildman–Crippen LogP) is 4.11. The molecule has 3 unspecified atom stereocenters. The molecule has 4 N–H and O–H groups in total. The van der Waals surface area contributed by atoms with Crippen molar-refractivity contribution in [1.82, 2.24) is 10.2 Å². The Morgan fingerprint density at radius 2 is 2.06 bits per heavy atom. The maximum absolute atomic E-state index is 15.6. The standard InChI is InChI=1S/C25H31Cl2FN4O2/c1-5-6-18(27)21(28)14(2)20(22(29)23(33)30-3)25(15-9-11-32(4)12-10-15)17-8-7-16(26)13-19(17)31-24(25)34/h5-8,13,15,20,22H,2,9-12,29H2,1,3-4H3,(H,30,33)(H,31,34). The van der Waals surface area contributed by atoms with Crippen LogP contribution in [0.4, 0.5) is 10.1 Å². The number of rotatable bonds is 7. The van der Waals surface area contributed by atoms with Gasteiger partial charge in [-0.3, -0.25) is 9.59 Å². The van der Waals surface area contributed by atoms with Crippen LogP contribution in [0.25, 0.3) is 0 Å². The molecule has 0 spiro atoms. The number of amides is 2. The smallest absolute Gasteiger partial charge is 0.237 e. The van der Waals surface area contributed by atoms with Crippen LogP contribution in [0.5, 0.6) is 0 Å². The van der Waals surface area contributed by atoms with Crippen LogP contribution < -0.4 is 16.4 Å². The SMILES string of the molecule is C=C(C(F)=C(Cl)C=CC)C(C(N)C(=O)NC)C1(C2CCN(C)CC2)C(=O)Nc2cc(Cl)ccc21. The van der Waals surface area contributed by atoms with Crippen molar-refractivity contribution in [1.29, 1.82) is 0 Å². The molecule has 3 atom stereocenters. The van der Waals surface area contributed by atoms with Gasteiger partial charge < -0.3 is 21.3 Å². The van der Waals surface area contributed by atoms with Crippen LogP contribution in [0.15, 0.2) is 53.4 Å². The maximum Gasteiger partial charge on any atom is 0.237 e. The van der Waals surface area contributed by atoms with E-state index in [1.54, 1.807) is 31.2 Å². The fourth-order valence-corrected chi connectivity index (χ4v) is 5.78. The Labute approximate surface area is 210 Å². The summed E-state index contributed by atoms with van der Waals surface area (Å²) in [6.45, 7) is 7.19. The molecule has 9 heteroatoms. The Balaban J connectivity index is 2.32. The van der Waals surface area contributed by atoms with Gasteiger partial charge in [-0.25, -0.2) is 4.39 Å². The number of likely N-dealkylation sites (tertiary alicyclic amines) is 1. The first-order valence-corrected chi connectivity index (χ1v) is 12.0. The number of piperidine rings is 1. The number of nitrogens with zero attached hydrogens (tertiary/aromatic N) is 1. The molecular formula is C25H31Cl2FN4O2. The second-order valence-corrected chi connectivity index (χ2v) is 9.74. The molecule has 0 aliphatic carbocycles. The first kappa shape index (κ1) is 26.4. The Kier molecular flexibility index (Phi) is 8.24. The van der Waals surface area contributed by atoms with Gasteiger partial charge in [-0.05, 0) is 75.2 Å². The molecule has 1 saturated heterocycles. The van der Waals surface area contributed by atoms with Gasteiger partial charge in [0.05, 0.1) is 16.5 Å². The van der Waals surface area contributed by atoms with E-state index in [9.17, 15) is 9.59 Å². The number of nitrogens with one attached hydrogen (secondary N) is 2. The van der Waals surface area contributed by atoms with E-state index < -0.39 is 29.1 Å². The topological polar surface area (TPSA) is 87.5 Å². The lowest BCUT2D eigenvalue weighted by Gasteiger charge is -2.47. The predicted molar refractivity (Wildman–Crippen MR) is 135 cm³/mol. The molecule has 0 bridgehead atoms. The summed E-state index contributed by atoms with van der Waals surface area (Å²) < 4.78 is 15.6. The van der Waals surface area contributed by atoms with Crippen LogP contribution in [0.2, 0.25) is 5.02 Å². The summed E-state index contributed by atoms with van der Waals surface area (Å²) in [7, 11) is 3.46. The summed E-state index contributed by atoms with van der Waals surface area (Å²) in [5.41, 5.74) is 6.23. The number of benzene rings is 1. The minimum atomic E-state index is -1.34. The average molecular weight is 509 g/mol. The highest BCUT2D eigenvalue weighted by Gasteiger charge is 2.60. The number of nitrogens with two attached hydrogens (primary N) is 1. The number of anilines is 1. The lowest BCUT2D eigenvalue weighted by molar-refractivity contribution is -0.129. The third-order valence-electron chi connectivity index (χ3n) is 6.99. The Morgan fingerprint density at radius 3 is 2.65 bits per heavy atom. The maximum atomic E-state index is 15.6. The fraction of sp³-hybridized carbons (Fsp3) is 0.440. The highest BCUT2D eigenvalue weighted by molar-refractivity contribution is 6.32. The van der Waals surface area contributed by atoms with Crippen LogP contribution in [-0.4, -0.2) is 49.9 Å². The molecule has 0 saturated carbocycles. The van der Waals surface area contributed by atoms with E-state index in [4.69, 9.17) is 28.9 Å². The minimum Gasteiger partial charge on any atom is -0.358 e. The number of hydrogen-bond donors (Lipinski definition) is 3. The molecule has 3 rings (SSSR count). The molecule has 1 fully saturated rings. The average Bonchev–Trinajstić information content (AvgIpc) is 3.09. The van der Waals surface area contributed by atoms with E-state index in [1.807, 2.05) is 7.05 Å². The molecule has 184 valence electrons. The normalized spacial score (nSPS) is 23.8. The number of allylic oxidation sites excluding steroid dienone is 4. The molecule has 0 radical (unpaired) electrons. The largest absolute Gasteiger partial charge is 0.358 e. The number of likely N-dealkylation sites (N-methyl/N-ethyl adjacent to an activating group) is 1. The number of hydrogen-bond acceptors (Lipinski definition) is 4. The van der Waals surface area contributed by atoms with E-state index in [2.05, 4.69) is 22.1 Å². The zero-order chi connectivity index (χ0) is 25.2. The third kappa shape index (κ3) is 4.54. The summed E-state index contributed by atoms with van der Waals surface area (Å²) >= 11 is 12.4. The van der Waals surface area contributed by atoms with Crippen LogP contribution in [0, 0.1) is 11.8 Å². The highest BCUT2D eigenvalue weighted by Crippen LogP contribution is 2.55. The van der Waals surface area contributed by atoms with Crippen LogP contribution in [-0.2, 0) is 15.0 Å². The molecular weight excluding hydrogens is 478 g/mol. The molecule has 2 aliphatic heterocycles. The molecule has 1 aromatic carbocycles. The number of carbonyl (C=O) groups is 2. The van der Waals surface area contributed by atoms with Gasteiger partial charge in [0, 0.05) is 23.7 Å². The van der Waals surface area contributed by atoms with Crippen molar-refractivity contribution in [2.75, 3.05) is 32.5 Å². The molecule has 2 amide bonds. The quantitative estimate of drug-likeness (QED) is 0.483. The van der Waals surface area contributed by atoms with Gasteiger partial charge >= 0.3 is 0 Å². The highest BCUT2D eigenvalue weighted by atomic mass is 35.5. The second-order valence-electron chi connectivity index (χ2n) is 8.90. The van der Waals surface area contributed by atoms with Crippen LogP contribution >= 0.6 is 23.2 Å². The molecule has 1 aromatic rings. The first-order valence-electron chi connectivity index (χ1n) is 11.2. The van der Waals surface area contributed by atoms with Crippen LogP contribution in [0.1, 0.15) is 25.3 Å². The second kappa shape index (κ2) is 10.6. The fourth-order valence-electron chi connectivity index (χ4n) is 5.36. The van der Waals surface area contributed by atoms with Crippen molar-refractivity contribution >= 4 is 40.7 Å². The van der Waals surface area contributed by atoms with E-state index >= 15 is 4.39 Å². The van der Waals surface area contributed by atoms with Crippen molar-refractivity contribution in [3.8, 4) is 0 Å². The van der Waals surface area contributed by atoms with Crippen molar-refractivity contribution in [2.24, 2.45) is 17.6 Å². The number of fused-ring (bicyclic) bond motifs is 1. The van der Waals surface area contributed by atoms with E-state index in [1.165, 1.54) is 13.1 Å². The van der Waals surface area contributed by atoms with Gasteiger partial charge in [0.2, 0.25) is 11.8 Å². The molecule has 6 nitrogen and oxygen atoms in total. The lowest BCUT2D eigenvalue weighted by Crippen LogP contribution is -2.59. The lowest BCUT2D eigenvalue weighted by atomic mass is 9.56. The van der Waals surface area contributed by atoms with Gasteiger partial charge in [0.25, 0.3) is 0 Å². The van der Waals surface area contributed by atoms with Crippen molar-refractivity contribution in [3.05, 3.63) is 63.9 Å². The summed E-state index contributed by atoms with van der Waals surface area (Å²) in [4.78, 5) is 29.0. The van der Waals surface area contributed by atoms with Gasteiger partial charge in [-0.2, -0.15) is 0 Å². The molecule has 2 heterocycles. The van der Waals surface area contributed by atoms with Crippen molar-refractivity contribution in [2.45, 2.75) is 31.2 Å². The third-order valence-corrected chi connectivity index (χ3v) is 7.52. The van der Waals surface area contributed by atoms with Gasteiger partial charge in [-0.1, -0.05) is 41.9 Å². The van der Waals surface area contributed by atoms with Crippen molar-refractivity contribution in [3.63, 3.8) is 0 Å². The Hall–Kier alpha value is -2.19. The Morgan fingerprint density at radius 1 is 1.41 bits per heavy atom. The summed E-state index contributed by atoms with van der Waals surface area (Å²) in [5, 5.41) is 5.75. The monoisotopic (exact) mass is 508 g/mol. The van der Waals surface area contributed by atoms with Gasteiger partial charge in [0.15, 0.2) is 0 Å². The first-order chi connectivity index (χ1) is 16.1. The van der Waals surface area contributed by atoms with Gasteiger partial charge in [0.1, 0.15) is 5.83 Å². The Bertz CT molecular complexity index is 1050. The van der Waals surface area contributed by atoms with E-state index in [0.717, 1.165) is 13.1 Å². The van der Waals surface area contributed by atoms with Gasteiger partial charge in [-0.15, -0.1) is 0 Å². The van der Waals surface area contributed by atoms with Crippen LogP contribution in [0.3, 0.4) is 0 Å². The zero-order valence-electron chi connectivity index (χ0n) is 19.6. The number of carbonyl (C=O) groups excluding carboxylic acids is 2. The van der Waals surface area contributed by atoms with E-state index in [0.29, 0.717) is 29.1 Å². The molecule has 34 heavy (non-hydrogen) atoms. The minimum absolute atomic E-state index is 0.0870. The number of halogens is 3. The summed E-state index contributed by atoms with van der Waals surface area (Å²) in [6.07, 6.45) is 4.30. The zero-order valence-corrected chi connectivity index (χ0v) is 21.1. The summed E-state index contributed by atoms with van der Waals surface area (Å²) in [5.74, 6) is -2.99. The van der Waals surface area contributed by atoms with E-state index in [-0.39, 0.29) is 22.4 Å². The molecule has 2 aliphatic rings. The summed E-state index contributed by atoms with van der Waals surface area (Å²) in [6, 6.07) is 3.86.